The van der Waals surface area contributed by atoms with E-state index in [1.807, 2.05) is 18.7 Å². The zero-order valence-electron chi connectivity index (χ0n) is 18.4. The lowest BCUT2D eigenvalue weighted by Gasteiger charge is -2.33. The summed E-state index contributed by atoms with van der Waals surface area (Å²) in [7, 11) is 0. The van der Waals surface area contributed by atoms with Gasteiger partial charge in [-0.3, -0.25) is 14.9 Å². The van der Waals surface area contributed by atoms with E-state index in [1.165, 1.54) is 25.7 Å². The van der Waals surface area contributed by atoms with Crippen molar-refractivity contribution in [1.82, 2.24) is 10.6 Å². The highest BCUT2D eigenvalue weighted by molar-refractivity contribution is 7.99. The second kappa shape index (κ2) is 10.3. The zero-order valence-corrected chi connectivity index (χ0v) is 20.0. The van der Waals surface area contributed by atoms with Gasteiger partial charge in [-0.15, -0.1) is 6.42 Å². The van der Waals surface area contributed by atoms with E-state index in [1.54, 1.807) is 11.8 Å². The molecule has 3 fully saturated rings. The van der Waals surface area contributed by atoms with Crippen LogP contribution in [-0.2, 0) is 9.59 Å². The van der Waals surface area contributed by atoms with Crippen LogP contribution in [0, 0.1) is 30.1 Å². The molecule has 1 aliphatic heterocycles. The molecule has 1 saturated heterocycles. The molecule has 3 rings (SSSR count). The summed E-state index contributed by atoms with van der Waals surface area (Å²) in [5.41, 5.74) is 3.80. The van der Waals surface area contributed by atoms with Crippen LogP contribution in [0.15, 0.2) is 0 Å². The Morgan fingerprint density at radius 3 is 2.43 bits per heavy atom. The first kappa shape index (κ1) is 24.0. The molecule has 4 N–H and O–H groups in total. The Labute approximate surface area is 190 Å². The van der Waals surface area contributed by atoms with Gasteiger partial charge in [-0.25, -0.2) is 0 Å². The van der Waals surface area contributed by atoms with Crippen molar-refractivity contribution in [2.75, 3.05) is 29.6 Å². The first-order chi connectivity index (χ1) is 14.3. The maximum absolute atomic E-state index is 13.3. The van der Waals surface area contributed by atoms with Crippen LogP contribution in [0.5, 0.6) is 0 Å². The number of carbonyl (C=O) groups excluding carboxylic acids is 2. The van der Waals surface area contributed by atoms with Gasteiger partial charge in [-0.1, -0.05) is 32.1 Å². The van der Waals surface area contributed by atoms with E-state index in [4.69, 9.17) is 12.2 Å². The van der Waals surface area contributed by atoms with Gasteiger partial charge in [0.05, 0.1) is 12.1 Å². The van der Waals surface area contributed by atoms with Crippen molar-refractivity contribution < 1.29 is 9.59 Å². The van der Waals surface area contributed by atoms with Gasteiger partial charge in [0.2, 0.25) is 0 Å². The summed E-state index contributed by atoms with van der Waals surface area (Å²) < 4.78 is 0. The van der Waals surface area contributed by atoms with Crippen molar-refractivity contribution in [1.29, 1.82) is 0 Å². The van der Waals surface area contributed by atoms with E-state index in [2.05, 4.69) is 23.5 Å². The lowest BCUT2D eigenvalue weighted by molar-refractivity contribution is -0.124. The first-order valence-corrected chi connectivity index (χ1v) is 13.6. The van der Waals surface area contributed by atoms with Crippen LogP contribution in [-0.4, -0.2) is 58.4 Å². The Hall–Kier alpha value is -0.680. The molecule has 0 aromatic rings. The van der Waals surface area contributed by atoms with Crippen LogP contribution in [0.25, 0.3) is 0 Å². The Morgan fingerprint density at radius 2 is 1.90 bits per heavy atom. The van der Waals surface area contributed by atoms with Crippen LogP contribution in [0.2, 0.25) is 0 Å². The van der Waals surface area contributed by atoms with Gasteiger partial charge in [-0.05, 0) is 55.4 Å². The minimum Gasteiger partial charge on any atom is -0.367 e. The van der Waals surface area contributed by atoms with Crippen LogP contribution in [0.1, 0.15) is 52.4 Å². The van der Waals surface area contributed by atoms with Crippen molar-refractivity contribution in [3.05, 3.63) is 0 Å². The Balaban J connectivity index is 1.80. The van der Waals surface area contributed by atoms with Crippen LogP contribution >= 0.6 is 23.5 Å². The molecular formula is C23H37N3O2S2. The average molecular weight is 452 g/mol. The van der Waals surface area contributed by atoms with E-state index in [-0.39, 0.29) is 12.3 Å². The Morgan fingerprint density at radius 1 is 1.27 bits per heavy atom. The number of terminal acetylenes is 1. The monoisotopic (exact) mass is 451 g/mol. The standard InChI is InChI=1S/C23H37N3O2S2/c1-4-16-10-19(16)26-22(3)14-29-12-17-8-6-7-9-18(17)13-30-15-23(5-2,21(24)28)25-11-20(22)27/h2,16-19,25-26H,4,6-15H2,1,3H3,(H2,24,28). The number of hydrogen-bond donors (Lipinski definition) is 3. The molecule has 1 heterocycles. The summed E-state index contributed by atoms with van der Waals surface area (Å²) in [4.78, 5) is 25.6. The molecule has 30 heavy (non-hydrogen) atoms. The number of nitrogens with one attached hydrogen (secondary N) is 2. The normalized spacial score (nSPS) is 40.8. The van der Waals surface area contributed by atoms with E-state index < -0.39 is 17.0 Å². The van der Waals surface area contributed by atoms with E-state index in [0.29, 0.717) is 29.5 Å². The summed E-state index contributed by atoms with van der Waals surface area (Å²) in [6.07, 6.45) is 13.1. The molecule has 6 unspecified atom stereocenters. The molecule has 168 valence electrons. The number of thioether (sulfide) groups is 2. The van der Waals surface area contributed by atoms with E-state index in [0.717, 1.165) is 30.1 Å². The molecule has 0 aromatic heterocycles. The number of nitrogens with two attached hydrogens (primary N) is 1. The number of primary amides is 1. The fourth-order valence-corrected chi connectivity index (χ4v) is 7.79. The van der Waals surface area contributed by atoms with E-state index in [9.17, 15) is 9.59 Å². The smallest absolute Gasteiger partial charge is 0.251 e. The molecule has 1 amide bonds. The molecule has 0 bridgehead atoms. The number of amides is 1. The second-order valence-electron chi connectivity index (χ2n) is 9.51. The molecule has 2 saturated carbocycles. The number of Topliss-reactive ketones (excluding diaryl/α,β-unsaturated/α-hetero) is 1. The van der Waals surface area contributed by atoms with Gasteiger partial charge in [-0.2, -0.15) is 23.5 Å². The van der Waals surface area contributed by atoms with Crippen LogP contribution < -0.4 is 16.4 Å². The topological polar surface area (TPSA) is 84.2 Å². The van der Waals surface area contributed by atoms with Gasteiger partial charge in [0.25, 0.3) is 5.91 Å². The minimum absolute atomic E-state index is 0.0497. The second-order valence-corrected chi connectivity index (χ2v) is 11.6. The maximum Gasteiger partial charge on any atom is 0.251 e. The van der Waals surface area contributed by atoms with Crippen molar-refractivity contribution in [3.63, 3.8) is 0 Å². The summed E-state index contributed by atoms with van der Waals surface area (Å²) >= 11 is 3.61. The van der Waals surface area contributed by atoms with Gasteiger partial charge < -0.3 is 11.1 Å². The molecule has 0 radical (unpaired) electrons. The lowest BCUT2D eigenvalue weighted by atomic mass is 9.81. The number of rotatable bonds is 4. The fraction of sp³-hybridized carbons (Fsp3) is 0.826. The summed E-state index contributed by atoms with van der Waals surface area (Å²) in [6.45, 7) is 4.27. The highest BCUT2D eigenvalue weighted by Crippen LogP contribution is 2.38. The highest BCUT2D eigenvalue weighted by Gasteiger charge is 2.45. The molecular weight excluding hydrogens is 414 g/mol. The van der Waals surface area contributed by atoms with Gasteiger partial charge in [0.1, 0.15) is 0 Å². The number of fused-ring (bicyclic) bond motifs is 1. The predicted octanol–water partition coefficient (Wildman–Crippen LogP) is 2.44. The zero-order chi connectivity index (χ0) is 21.8. The minimum atomic E-state index is -1.28. The third kappa shape index (κ3) is 5.56. The first-order valence-electron chi connectivity index (χ1n) is 11.3. The van der Waals surface area contributed by atoms with Crippen molar-refractivity contribution in [2.24, 2.45) is 23.5 Å². The third-order valence-electron chi connectivity index (χ3n) is 7.22. The molecule has 5 nitrogen and oxygen atoms in total. The quantitative estimate of drug-likeness (QED) is 0.570. The van der Waals surface area contributed by atoms with Crippen molar-refractivity contribution in [2.45, 2.75) is 69.5 Å². The molecule has 0 spiro atoms. The third-order valence-corrected chi connectivity index (χ3v) is 9.97. The predicted molar refractivity (Wildman–Crippen MR) is 128 cm³/mol. The summed E-state index contributed by atoms with van der Waals surface area (Å²) in [5.74, 6) is 7.29. The van der Waals surface area contributed by atoms with Crippen molar-refractivity contribution in [3.8, 4) is 12.3 Å². The molecule has 0 aromatic carbocycles. The van der Waals surface area contributed by atoms with Crippen LogP contribution in [0.4, 0.5) is 0 Å². The number of carbonyl (C=O) groups is 2. The SMILES string of the molecule is C#CC1(C(N)=O)CSCC2CCCCC2CSCC(C)(NC2CC2CC)C(=O)CN1. The van der Waals surface area contributed by atoms with Gasteiger partial charge >= 0.3 is 0 Å². The summed E-state index contributed by atoms with van der Waals surface area (Å²) in [5, 5.41) is 6.74. The van der Waals surface area contributed by atoms with Gasteiger partial charge in [0.15, 0.2) is 11.3 Å². The van der Waals surface area contributed by atoms with Crippen molar-refractivity contribution >= 4 is 35.2 Å². The lowest BCUT2D eigenvalue weighted by Crippen LogP contribution is -2.62. The highest BCUT2D eigenvalue weighted by atomic mass is 32.2. The van der Waals surface area contributed by atoms with Gasteiger partial charge in [0, 0.05) is 17.5 Å². The fourth-order valence-electron chi connectivity index (χ4n) is 4.79. The number of hydrogen-bond acceptors (Lipinski definition) is 6. The van der Waals surface area contributed by atoms with Crippen LogP contribution in [0.3, 0.4) is 0 Å². The Bertz CT molecular complexity index is 682. The molecule has 3 aliphatic rings. The maximum atomic E-state index is 13.3. The average Bonchev–Trinajstić information content (AvgIpc) is 3.48. The summed E-state index contributed by atoms with van der Waals surface area (Å²) in [6, 6.07) is 0.409. The molecule has 6 atom stereocenters. The molecule has 2 aliphatic carbocycles. The number of ketones is 1. The largest absolute Gasteiger partial charge is 0.367 e. The Kier molecular flexibility index (Phi) is 8.22. The molecule has 7 heteroatoms. The van der Waals surface area contributed by atoms with E-state index >= 15 is 0 Å².